The number of sulfonamides is 1. The molecular formula is C12H15BrN2O2S3. The minimum Gasteiger partial charge on any atom is -0.247 e. The molecule has 0 saturated carbocycles. The predicted molar refractivity (Wildman–Crippen MR) is 87.1 cm³/mol. The zero-order valence-electron chi connectivity index (χ0n) is 11.5. The lowest BCUT2D eigenvalue weighted by molar-refractivity contribution is 0.568. The molecule has 110 valence electrons. The van der Waals surface area contributed by atoms with Crippen molar-refractivity contribution < 1.29 is 8.42 Å². The zero-order valence-corrected chi connectivity index (χ0v) is 15.6. The van der Waals surface area contributed by atoms with Gasteiger partial charge in [0.25, 0.3) is 0 Å². The normalized spacial score (nSPS) is 13.7. The van der Waals surface area contributed by atoms with Crippen molar-refractivity contribution in [2.75, 3.05) is 0 Å². The average molecular weight is 395 g/mol. The van der Waals surface area contributed by atoms with Gasteiger partial charge in [-0.15, -0.1) is 22.7 Å². The number of aryl methyl sites for hydroxylation is 3. The van der Waals surface area contributed by atoms with Crippen LogP contribution in [0.15, 0.2) is 14.7 Å². The van der Waals surface area contributed by atoms with Gasteiger partial charge in [0.2, 0.25) is 10.0 Å². The SMILES string of the molecule is Cc1nc(C)c(C(C)NS(=O)(=O)c2cc(Br)sc2C)s1. The highest BCUT2D eigenvalue weighted by molar-refractivity contribution is 9.11. The fourth-order valence-corrected chi connectivity index (χ4v) is 6.63. The largest absolute Gasteiger partial charge is 0.247 e. The summed E-state index contributed by atoms with van der Waals surface area (Å²) in [5.41, 5.74) is 0.880. The van der Waals surface area contributed by atoms with Crippen LogP contribution in [0.2, 0.25) is 0 Å². The van der Waals surface area contributed by atoms with Gasteiger partial charge < -0.3 is 0 Å². The molecule has 20 heavy (non-hydrogen) atoms. The van der Waals surface area contributed by atoms with E-state index in [1.165, 1.54) is 22.7 Å². The summed E-state index contributed by atoms with van der Waals surface area (Å²) < 4.78 is 28.4. The summed E-state index contributed by atoms with van der Waals surface area (Å²) in [5, 5.41) is 0.943. The molecule has 0 aromatic carbocycles. The maximum Gasteiger partial charge on any atom is 0.242 e. The van der Waals surface area contributed by atoms with Crippen molar-refractivity contribution in [3.05, 3.63) is 30.3 Å². The molecule has 1 unspecified atom stereocenters. The summed E-state index contributed by atoms with van der Waals surface area (Å²) in [6.45, 7) is 7.46. The Morgan fingerprint density at radius 3 is 2.40 bits per heavy atom. The lowest BCUT2D eigenvalue weighted by Crippen LogP contribution is -2.26. The minimum absolute atomic E-state index is 0.288. The van der Waals surface area contributed by atoms with Crippen molar-refractivity contribution in [3.8, 4) is 0 Å². The van der Waals surface area contributed by atoms with E-state index in [4.69, 9.17) is 0 Å². The van der Waals surface area contributed by atoms with Crippen molar-refractivity contribution in [3.63, 3.8) is 0 Å². The molecule has 2 heterocycles. The standard InChI is InChI=1S/C12H15BrN2O2S3/c1-6-12(19-9(4)14-6)7(2)15-20(16,17)10-5-11(13)18-8(10)3/h5,7,15H,1-4H3. The number of halogens is 1. The van der Waals surface area contributed by atoms with Gasteiger partial charge in [0, 0.05) is 9.75 Å². The molecule has 2 rings (SSSR count). The molecule has 2 aromatic rings. The van der Waals surface area contributed by atoms with E-state index in [1.54, 1.807) is 13.0 Å². The first-order chi connectivity index (χ1) is 9.20. The van der Waals surface area contributed by atoms with Crippen molar-refractivity contribution >= 4 is 48.6 Å². The summed E-state index contributed by atoms with van der Waals surface area (Å²) in [4.78, 5) is 6.40. The third kappa shape index (κ3) is 3.30. The maximum atomic E-state index is 12.4. The Morgan fingerprint density at radius 1 is 1.30 bits per heavy atom. The topological polar surface area (TPSA) is 59.1 Å². The van der Waals surface area contributed by atoms with E-state index in [9.17, 15) is 8.42 Å². The van der Waals surface area contributed by atoms with Gasteiger partial charge in [0.1, 0.15) is 0 Å². The van der Waals surface area contributed by atoms with Crippen LogP contribution in [0.3, 0.4) is 0 Å². The molecule has 0 radical (unpaired) electrons. The number of aromatic nitrogens is 1. The Kier molecular flexibility index (Phi) is 4.70. The molecule has 1 N–H and O–H groups in total. The second kappa shape index (κ2) is 5.84. The fourth-order valence-electron chi connectivity index (χ4n) is 2.00. The van der Waals surface area contributed by atoms with Crippen molar-refractivity contribution in [2.45, 2.75) is 38.6 Å². The Labute approximate surface area is 135 Å². The van der Waals surface area contributed by atoms with Gasteiger partial charge in [0.05, 0.1) is 25.4 Å². The Balaban J connectivity index is 2.29. The lowest BCUT2D eigenvalue weighted by Gasteiger charge is -2.13. The highest BCUT2D eigenvalue weighted by atomic mass is 79.9. The van der Waals surface area contributed by atoms with E-state index in [2.05, 4.69) is 25.6 Å². The van der Waals surface area contributed by atoms with Crippen molar-refractivity contribution in [1.82, 2.24) is 9.71 Å². The van der Waals surface area contributed by atoms with Crippen LogP contribution in [0.1, 0.15) is 33.4 Å². The second-order valence-corrected chi connectivity index (χ2v) is 10.0. The molecular weight excluding hydrogens is 380 g/mol. The number of hydrogen-bond donors (Lipinski definition) is 1. The van der Waals surface area contributed by atoms with Crippen LogP contribution in [0.4, 0.5) is 0 Å². The average Bonchev–Trinajstić information content (AvgIpc) is 2.81. The van der Waals surface area contributed by atoms with Gasteiger partial charge >= 0.3 is 0 Å². The fraction of sp³-hybridized carbons (Fsp3) is 0.417. The number of thiazole rings is 1. The number of rotatable bonds is 4. The van der Waals surface area contributed by atoms with Crippen LogP contribution in [-0.2, 0) is 10.0 Å². The monoisotopic (exact) mass is 394 g/mol. The Hall–Kier alpha value is -0.280. The van der Waals surface area contributed by atoms with E-state index in [0.717, 1.165) is 24.2 Å². The molecule has 0 aliphatic rings. The second-order valence-electron chi connectivity index (χ2n) is 4.50. The molecule has 0 spiro atoms. The van der Waals surface area contributed by atoms with E-state index in [1.807, 2.05) is 20.8 Å². The number of thiophene rings is 1. The molecule has 8 heteroatoms. The summed E-state index contributed by atoms with van der Waals surface area (Å²) in [5.74, 6) is 0. The Bertz CT molecular complexity index is 734. The predicted octanol–water partition coefficient (Wildman–Crippen LogP) is 3.93. The summed E-state index contributed by atoms with van der Waals surface area (Å²) >= 11 is 6.26. The van der Waals surface area contributed by atoms with Gasteiger partial charge in [-0.05, 0) is 49.7 Å². The van der Waals surface area contributed by atoms with Crippen LogP contribution >= 0.6 is 38.6 Å². The molecule has 4 nitrogen and oxygen atoms in total. The first-order valence-electron chi connectivity index (χ1n) is 5.93. The first kappa shape index (κ1) is 16.1. The van der Waals surface area contributed by atoms with Crippen LogP contribution < -0.4 is 4.72 Å². The lowest BCUT2D eigenvalue weighted by atomic mass is 10.2. The van der Waals surface area contributed by atoms with Gasteiger partial charge in [-0.3, -0.25) is 0 Å². The molecule has 0 fully saturated rings. The number of nitrogens with one attached hydrogen (secondary N) is 1. The van der Waals surface area contributed by atoms with Crippen LogP contribution in [0.25, 0.3) is 0 Å². The van der Waals surface area contributed by atoms with E-state index < -0.39 is 10.0 Å². The highest BCUT2D eigenvalue weighted by Gasteiger charge is 2.24. The van der Waals surface area contributed by atoms with E-state index in [0.29, 0.717) is 4.90 Å². The number of nitrogens with zero attached hydrogens (tertiary/aromatic N) is 1. The molecule has 1 atom stereocenters. The molecule has 0 saturated heterocycles. The summed E-state index contributed by atoms with van der Waals surface area (Å²) in [6.07, 6.45) is 0. The smallest absolute Gasteiger partial charge is 0.242 e. The third-order valence-corrected chi connectivity index (χ3v) is 7.40. The van der Waals surface area contributed by atoms with Gasteiger partial charge in [-0.1, -0.05) is 0 Å². The molecule has 2 aromatic heterocycles. The molecule has 0 bridgehead atoms. The first-order valence-corrected chi connectivity index (χ1v) is 9.84. The Morgan fingerprint density at radius 2 is 1.95 bits per heavy atom. The van der Waals surface area contributed by atoms with Crippen LogP contribution in [-0.4, -0.2) is 13.4 Å². The van der Waals surface area contributed by atoms with Crippen LogP contribution in [0, 0.1) is 20.8 Å². The van der Waals surface area contributed by atoms with Crippen LogP contribution in [0.5, 0.6) is 0 Å². The maximum absolute atomic E-state index is 12.4. The van der Waals surface area contributed by atoms with Gasteiger partial charge in [0.15, 0.2) is 0 Å². The number of hydrogen-bond acceptors (Lipinski definition) is 5. The molecule has 0 aliphatic carbocycles. The van der Waals surface area contributed by atoms with E-state index in [-0.39, 0.29) is 6.04 Å². The molecule has 0 aliphatic heterocycles. The minimum atomic E-state index is -3.52. The van der Waals surface area contributed by atoms with E-state index >= 15 is 0 Å². The van der Waals surface area contributed by atoms with Gasteiger partial charge in [-0.25, -0.2) is 18.1 Å². The van der Waals surface area contributed by atoms with Crippen molar-refractivity contribution in [2.24, 2.45) is 0 Å². The third-order valence-electron chi connectivity index (χ3n) is 2.80. The van der Waals surface area contributed by atoms with Crippen molar-refractivity contribution in [1.29, 1.82) is 0 Å². The summed E-state index contributed by atoms with van der Waals surface area (Å²) in [7, 11) is -3.52. The summed E-state index contributed by atoms with van der Waals surface area (Å²) in [6, 6.07) is 1.35. The quantitative estimate of drug-likeness (QED) is 0.853. The zero-order chi connectivity index (χ0) is 15.1. The molecule has 0 amide bonds. The van der Waals surface area contributed by atoms with Gasteiger partial charge in [-0.2, -0.15) is 0 Å². The highest BCUT2D eigenvalue weighted by Crippen LogP contribution is 2.31.